The molecule has 2 aliphatic rings. The van der Waals surface area contributed by atoms with Crippen LogP contribution < -0.4 is 0 Å². The Labute approximate surface area is 106 Å². The van der Waals surface area contributed by atoms with E-state index in [1.54, 1.807) is 0 Å². The minimum Gasteiger partial charge on any atom is -0.369 e. The standard InChI is InChI=1S/C15H27NO/c1-12(2)6-5-7-13(3)14-10-16(4)9-8-15(14)11-17-15/h6,13-14H,5,7-11H2,1-4H3. The third-order valence-electron chi connectivity index (χ3n) is 4.48. The maximum Gasteiger partial charge on any atom is 0.0971 e. The zero-order chi connectivity index (χ0) is 12.5. The minimum absolute atomic E-state index is 0.275. The summed E-state index contributed by atoms with van der Waals surface area (Å²) in [5, 5.41) is 0. The van der Waals surface area contributed by atoms with Gasteiger partial charge in [0, 0.05) is 19.0 Å². The van der Waals surface area contributed by atoms with Gasteiger partial charge in [0.2, 0.25) is 0 Å². The third-order valence-corrected chi connectivity index (χ3v) is 4.48. The molecule has 2 nitrogen and oxygen atoms in total. The molecule has 0 N–H and O–H groups in total. The van der Waals surface area contributed by atoms with E-state index in [0.29, 0.717) is 0 Å². The van der Waals surface area contributed by atoms with Crippen LogP contribution in [0.1, 0.15) is 40.0 Å². The first-order valence-corrected chi connectivity index (χ1v) is 6.99. The molecule has 2 rings (SSSR count). The Morgan fingerprint density at radius 2 is 2.24 bits per heavy atom. The number of likely N-dealkylation sites (tertiary alicyclic amines) is 1. The van der Waals surface area contributed by atoms with Gasteiger partial charge < -0.3 is 9.64 Å². The molecule has 3 atom stereocenters. The van der Waals surface area contributed by atoms with Gasteiger partial charge in [-0.05, 0) is 46.1 Å². The molecular formula is C15H27NO. The Bertz CT molecular complexity index is 289. The lowest BCUT2D eigenvalue weighted by Gasteiger charge is -2.38. The number of epoxide rings is 1. The van der Waals surface area contributed by atoms with Gasteiger partial charge in [0.25, 0.3) is 0 Å². The fraction of sp³-hybridized carbons (Fsp3) is 0.867. The molecule has 0 aromatic carbocycles. The number of piperidine rings is 1. The van der Waals surface area contributed by atoms with Crippen molar-refractivity contribution in [3.05, 3.63) is 11.6 Å². The van der Waals surface area contributed by atoms with Gasteiger partial charge in [-0.2, -0.15) is 0 Å². The number of allylic oxidation sites excluding steroid dienone is 2. The van der Waals surface area contributed by atoms with Crippen LogP contribution in [0.4, 0.5) is 0 Å². The summed E-state index contributed by atoms with van der Waals surface area (Å²) in [7, 11) is 2.24. The Kier molecular flexibility index (Phi) is 3.94. The minimum atomic E-state index is 0.275. The molecule has 0 saturated carbocycles. The van der Waals surface area contributed by atoms with E-state index < -0.39 is 0 Å². The molecule has 2 heteroatoms. The molecule has 17 heavy (non-hydrogen) atoms. The molecule has 0 aliphatic carbocycles. The Morgan fingerprint density at radius 3 is 2.82 bits per heavy atom. The highest BCUT2D eigenvalue weighted by molar-refractivity contribution is 5.04. The highest BCUT2D eigenvalue weighted by Gasteiger charge is 2.54. The molecule has 1 spiro atoms. The lowest BCUT2D eigenvalue weighted by molar-refractivity contribution is 0.0647. The van der Waals surface area contributed by atoms with Gasteiger partial charge in [-0.25, -0.2) is 0 Å². The zero-order valence-corrected chi connectivity index (χ0v) is 11.8. The SMILES string of the molecule is CC(C)=CCCC(C)C1CN(C)CCC12CO2. The topological polar surface area (TPSA) is 15.8 Å². The normalized spacial score (nSPS) is 34.7. The number of rotatable bonds is 4. The van der Waals surface area contributed by atoms with Crippen molar-refractivity contribution in [1.82, 2.24) is 4.90 Å². The highest BCUT2D eigenvalue weighted by atomic mass is 16.6. The van der Waals surface area contributed by atoms with Crippen LogP contribution in [0, 0.1) is 11.8 Å². The Hall–Kier alpha value is -0.340. The van der Waals surface area contributed by atoms with E-state index in [0.717, 1.165) is 18.4 Å². The summed E-state index contributed by atoms with van der Waals surface area (Å²) in [5.41, 5.74) is 1.71. The average molecular weight is 237 g/mol. The first-order chi connectivity index (χ1) is 8.03. The maximum absolute atomic E-state index is 5.80. The molecule has 2 saturated heterocycles. The van der Waals surface area contributed by atoms with Crippen LogP contribution in [0.2, 0.25) is 0 Å². The van der Waals surface area contributed by atoms with E-state index in [2.05, 4.69) is 38.8 Å². The van der Waals surface area contributed by atoms with Gasteiger partial charge in [0.15, 0.2) is 0 Å². The fourth-order valence-electron chi connectivity index (χ4n) is 3.14. The molecule has 0 bridgehead atoms. The van der Waals surface area contributed by atoms with Gasteiger partial charge in [-0.1, -0.05) is 18.6 Å². The molecule has 98 valence electrons. The number of nitrogens with zero attached hydrogens (tertiary/aromatic N) is 1. The molecule has 2 heterocycles. The van der Waals surface area contributed by atoms with E-state index in [1.165, 1.54) is 37.9 Å². The van der Waals surface area contributed by atoms with Crippen LogP contribution >= 0.6 is 0 Å². The molecule has 0 radical (unpaired) electrons. The molecule has 0 aromatic rings. The molecule has 0 amide bonds. The number of hydrogen-bond donors (Lipinski definition) is 0. The van der Waals surface area contributed by atoms with Crippen LogP contribution in [0.25, 0.3) is 0 Å². The van der Waals surface area contributed by atoms with Gasteiger partial charge in [-0.3, -0.25) is 0 Å². The highest BCUT2D eigenvalue weighted by Crippen LogP contribution is 2.46. The van der Waals surface area contributed by atoms with Crippen molar-refractivity contribution in [1.29, 1.82) is 0 Å². The second-order valence-electron chi connectivity index (χ2n) is 6.31. The predicted molar refractivity (Wildman–Crippen MR) is 72.1 cm³/mol. The van der Waals surface area contributed by atoms with Crippen LogP contribution in [0.15, 0.2) is 11.6 Å². The summed E-state index contributed by atoms with van der Waals surface area (Å²) >= 11 is 0. The van der Waals surface area contributed by atoms with E-state index >= 15 is 0 Å². The van der Waals surface area contributed by atoms with Gasteiger partial charge in [0.05, 0.1) is 12.2 Å². The fourth-order valence-corrected chi connectivity index (χ4v) is 3.14. The van der Waals surface area contributed by atoms with Crippen molar-refractivity contribution in [2.24, 2.45) is 11.8 Å². The van der Waals surface area contributed by atoms with Crippen molar-refractivity contribution in [3.63, 3.8) is 0 Å². The van der Waals surface area contributed by atoms with E-state index in [1.807, 2.05) is 0 Å². The summed E-state index contributed by atoms with van der Waals surface area (Å²) in [5.74, 6) is 1.52. The van der Waals surface area contributed by atoms with Gasteiger partial charge >= 0.3 is 0 Å². The predicted octanol–water partition coefficient (Wildman–Crippen LogP) is 3.09. The average Bonchev–Trinajstić information content (AvgIpc) is 3.02. The quantitative estimate of drug-likeness (QED) is 0.551. The summed E-state index contributed by atoms with van der Waals surface area (Å²) < 4.78 is 5.80. The summed E-state index contributed by atoms with van der Waals surface area (Å²) in [6, 6.07) is 0. The smallest absolute Gasteiger partial charge is 0.0971 e. The monoisotopic (exact) mass is 237 g/mol. The molecule has 2 aliphatic heterocycles. The van der Waals surface area contributed by atoms with Gasteiger partial charge in [0.1, 0.15) is 0 Å². The van der Waals surface area contributed by atoms with E-state index in [4.69, 9.17) is 4.74 Å². The molecule has 3 unspecified atom stereocenters. The van der Waals surface area contributed by atoms with E-state index in [-0.39, 0.29) is 5.60 Å². The second kappa shape index (κ2) is 5.11. The molecule has 2 fully saturated rings. The van der Waals surface area contributed by atoms with Crippen LogP contribution in [0.3, 0.4) is 0 Å². The number of hydrogen-bond acceptors (Lipinski definition) is 2. The third kappa shape index (κ3) is 3.11. The van der Waals surface area contributed by atoms with Crippen molar-refractivity contribution >= 4 is 0 Å². The Balaban J connectivity index is 1.88. The van der Waals surface area contributed by atoms with Gasteiger partial charge in [-0.15, -0.1) is 0 Å². The summed E-state index contributed by atoms with van der Waals surface area (Å²) in [4.78, 5) is 2.47. The second-order valence-corrected chi connectivity index (χ2v) is 6.31. The zero-order valence-electron chi connectivity index (χ0n) is 11.8. The Morgan fingerprint density at radius 1 is 1.53 bits per heavy atom. The summed E-state index contributed by atoms with van der Waals surface area (Å²) in [6.07, 6.45) is 6.12. The van der Waals surface area contributed by atoms with Crippen LogP contribution in [-0.2, 0) is 4.74 Å². The summed E-state index contributed by atoms with van der Waals surface area (Å²) in [6.45, 7) is 10.2. The van der Waals surface area contributed by atoms with Crippen LogP contribution in [-0.4, -0.2) is 37.2 Å². The largest absolute Gasteiger partial charge is 0.369 e. The lowest BCUT2D eigenvalue weighted by Crippen LogP contribution is -2.46. The van der Waals surface area contributed by atoms with E-state index in [9.17, 15) is 0 Å². The first-order valence-electron chi connectivity index (χ1n) is 6.99. The molecular weight excluding hydrogens is 210 g/mol. The van der Waals surface area contributed by atoms with Crippen molar-refractivity contribution < 1.29 is 4.74 Å². The molecule has 0 aromatic heterocycles. The lowest BCUT2D eigenvalue weighted by atomic mass is 9.76. The number of ether oxygens (including phenoxy) is 1. The maximum atomic E-state index is 5.80. The van der Waals surface area contributed by atoms with Crippen molar-refractivity contribution in [2.45, 2.75) is 45.6 Å². The van der Waals surface area contributed by atoms with Crippen LogP contribution in [0.5, 0.6) is 0 Å². The van der Waals surface area contributed by atoms with Crippen molar-refractivity contribution in [2.75, 3.05) is 26.7 Å². The first kappa shape index (κ1) is 13.1. The van der Waals surface area contributed by atoms with Crippen molar-refractivity contribution in [3.8, 4) is 0 Å².